The molecule has 0 spiro atoms. The molecule has 1 aromatic carbocycles. The lowest BCUT2D eigenvalue weighted by Crippen LogP contribution is -2.19. The lowest BCUT2D eigenvalue weighted by molar-refractivity contribution is -0.118. The normalized spacial score (nSPS) is 10.4. The third-order valence-corrected chi connectivity index (χ3v) is 2.87. The Bertz CT molecular complexity index is 454. The fourth-order valence-electron chi connectivity index (χ4n) is 1.64. The maximum atomic E-state index is 10.7. The minimum Gasteiger partial charge on any atom is -0.345 e. The number of benzene rings is 1. The van der Waals surface area contributed by atoms with Crippen LogP contribution in [0.5, 0.6) is 0 Å². The summed E-state index contributed by atoms with van der Waals surface area (Å²) in [6.07, 6.45) is 2.29. The van der Waals surface area contributed by atoms with E-state index in [-0.39, 0.29) is 5.91 Å². The fraction of sp³-hybridized carbons (Fsp3) is 0.500. The molecule has 1 aromatic rings. The molecule has 0 radical (unpaired) electrons. The van der Waals surface area contributed by atoms with E-state index in [2.05, 4.69) is 43.1 Å². The minimum atomic E-state index is -0.0465. The van der Waals surface area contributed by atoms with Crippen LogP contribution in [0.4, 0.5) is 0 Å². The number of hydrogen-bond acceptors (Lipinski definition) is 1. The molecular weight excluding hydrogens is 246 g/mol. The Morgan fingerprint density at radius 3 is 2.65 bits per heavy atom. The van der Waals surface area contributed by atoms with E-state index in [1.807, 2.05) is 26.0 Å². The van der Waals surface area contributed by atoms with Gasteiger partial charge >= 0.3 is 0 Å². The summed E-state index contributed by atoms with van der Waals surface area (Å²) in [5.41, 5.74) is 2.34. The van der Waals surface area contributed by atoms with Gasteiger partial charge in [0.15, 0.2) is 0 Å². The third kappa shape index (κ3) is 8.37. The van der Waals surface area contributed by atoms with E-state index in [1.54, 1.807) is 0 Å². The lowest BCUT2D eigenvalue weighted by atomic mass is 9.98. The molecule has 0 fully saturated rings. The molecule has 0 aliphatic rings. The van der Waals surface area contributed by atoms with Crippen LogP contribution in [0.3, 0.4) is 0 Å². The van der Waals surface area contributed by atoms with Gasteiger partial charge in [0.2, 0.25) is 5.91 Å². The first kappa shape index (κ1) is 18.2. The topological polar surface area (TPSA) is 29.1 Å². The Kier molecular flexibility index (Phi) is 10.1. The highest BCUT2D eigenvalue weighted by molar-refractivity contribution is 5.73. The van der Waals surface area contributed by atoms with E-state index in [4.69, 9.17) is 0 Å². The van der Waals surface area contributed by atoms with Gasteiger partial charge in [0.05, 0.1) is 6.54 Å². The molecule has 1 rings (SSSR count). The van der Waals surface area contributed by atoms with Gasteiger partial charge in [-0.25, -0.2) is 0 Å². The van der Waals surface area contributed by atoms with Gasteiger partial charge in [0, 0.05) is 12.5 Å². The van der Waals surface area contributed by atoms with Crippen molar-refractivity contribution in [1.29, 1.82) is 0 Å². The van der Waals surface area contributed by atoms with Crippen molar-refractivity contribution in [1.82, 2.24) is 5.32 Å². The largest absolute Gasteiger partial charge is 0.345 e. The molecule has 110 valence electrons. The average Bonchev–Trinajstić information content (AvgIpc) is 2.46. The maximum Gasteiger partial charge on any atom is 0.217 e. The average molecular weight is 273 g/mol. The second-order valence-corrected chi connectivity index (χ2v) is 4.63. The summed E-state index contributed by atoms with van der Waals surface area (Å²) in [6, 6.07) is 8.32. The Balaban J connectivity index is 0.00000172. The molecule has 0 saturated heterocycles. The highest BCUT2D eigenvalue weighted by Gasteiger charge is 2.00. The molecule has 1 unspecified atom stereocenters. The first-order chi connectivity index (χ1) is 9.61. The van der Waals surface area contributed by atoms with Crippen molar-refractivity contribution >= 4 is 5.91 Å². The predicted molar refractivity (Wildman–Crippen MR) is 86.5 cm³/mol. The quantitative estimate of drug-likeness (QED) is 0.831. The van der Waals surface area contributed by atoms with Gasteiger partial charge in [-0.15, -0.1) is 0 Å². The number of nitrogens with one attached hydrogen (secondary N) is 1. The van der Waals surface area contributed by atoms with Crippen molar-refractivity contribution < 1.29 is 4.79 Å². The number of hydrogen-bond donors (Lipinski definition) is 1. The number of amides is 1. The number of carbonyl (C=O) groups excluding carboxylic acids is 1. The van der Waals surface area contributed by atoms with E-state index in [9.17, 15) is 4.79 Å². The molecule has 0 saturated carbocycles. The molecule has 20 heavy (non-hydrogen) atoms. The van der Waals surface area contributed by atoms with E-state index in [0.29, 0.717) is 12.5 Å². The summed E-state index contributed by atoms with van der Waals surface area (Å²) in [6.45, 7) is 10.4. The Hall–Kier alpha value is -1.75. The van der Waals surface area contributed by atoms with Crippen LogP contribution in [0.15, 0.2) is 24.3 Å². The second kappa shape index (κ2) is 11.1. The fourth-order valence-corrected chi connectivity index (χ4v) is 1.64. The van der Waals surface area contributed by atoms with Crippen LogP contribution in [0.1, 0.15) is 52.2 Å². The monoisotopic (exact) mass is 273 g/mol. The van der Waals surface area contributed by atoms with Crippen LogP contribution >= 0.6 is 0 Å². The van der Waals surface area contributed by atoms with Crippen molar-refractivity contribution in [3.8, 4) is 11.8 Å². The van der Waals surface area contributed by atoms with Crippen LogP contribution in [0.25, 0.3) is 0 Å². The van der Waals surface area contributed by atoms with Crippen molar-refractivity contribution in [3.63, 3.8) is 0 Å². The van der Waals surface area contributed by atoms with Gasteiger partial charge < -0.3 is 5.32 Å². The lowest BCUT2D eigenvalue weighted by Gasteiger charge is -2.08. The van der Waals surface area contributed by atoms with Gasteiger partial charge in [-0.05, 0) is 30.0 Å². The van der Waals surface area contributed by atoms with Crippen molar-refractivity contribution in [2.24, 2.45) is 5.92 Å². The SMILES string of the molecule is CC.CCC(C)Cc1cccc(C#CCNC(C)=O)c1. The van der Waals surface area contributed by atoms with Gasteiger partial charge in [0.25, 0.3) is 0 Å². The van der Waals surface area contributed by atoms with Gasteiger partial charge in [0.1, 0.15) is 0 Å². The zero-order valence-electron chi connectivity index (χ0n) is 13.4. The van der Waals surface area contributed by atoms with Crippen molar-refractivity contribution in [2.45, 2.75) is 47.5 Å². The number of rotatable bonds is 4. The maximum absolute atomic E-state index is 10.7. The van der Waals surface area contributed by atoms with Crippen LogP contribution in [0.2, 0.25) is 0 Å². The predicted octanol–water partition coefficient (Wildman–Crippen LogP) is 3.79. The van der Waals surface area contributed by atoms with E-state index < -0.39 is 0 Å². The minimum absolute atomic E-state index is 0.0465. The Morgan fingerprint density at radius 2 is 2.05 bits per heavy atom. The highest BCUT2D eigenvalue weighted by atomic mass is 16.1. The van der Waals surface area contributed by atoms with E-state index in [0.717, 1.165) is 12.0 Å². The Labute approximate surface area is 124 Å². The van der Waals surface area contributed by atoms with Crippen LogP contribution in [0, 0.1) is 17.8 Å². The Morgan fingerprint density at radius 1 is 1.35 bits per heavy atom. The summed E-state index contributed by atoms with van der Waals surface area (Å²) in [7, 11) is 0. The number of carbonyl (C=O) groups is 1. The molecule has 0 aliphatic heterocycles. The molecule has 0 heterocycles. The van der Waals surface area contributed by atoms with Gasteiger partial charge in [-0.2, -0.15) is 0 Å². The first-order valence-corrected chi connectivity index (χ1v) is 7.44. The van der Waals surface area contributed by atoms with E-state index >= 15 is 0 Å². The second-order valence-electron chi connectivity index (χ2n) is 4.63. The summed E-state index contributed by atoms with van der Waals surface area (Å²) in [4.78, 5) is 10.7. The summed E-state index contributed by atoms with van der Waals surface area (Å²) in [5.74, 6) is 6.67. The van der Waals surface area contributed by atoms with Gasteiger partial charge in [-0.3, -0.25) is 4.79 Å². The molecule has 0 aromatic heterocycles. The summed E-state index contributed by atoms with van der Waals surface area (Å²) >= 11 is 0. The smallest absolute Gasteiger partial charge is 0.217 e. The molecule has 0 bridgehead atoms. The zero-order chi connectivity index (χ0) is 15.4. The molecule has 0 aliphatic carbocycles. The van der Waals surface area contributed by atoms with Crippen LogP contribution < -0.4 is 5.32 Å². The van der Waals surface area contributed by atoms with E-state index in [1.165, 1.54) is 18.9 Å². The molecule has 2 nitrogen and oxygen atoms in total. The molecule has 1 amide bonds. The standard InChI is InChI=1S/C16H21NO.C2H6/c1-4-13(2)11-16-8-5-7-15(12-16)9-6-10-17-14(3)18;1-2/h5,7-8,12-13H,4,10-11H2,1-3H3,(H,17,18);1-2H3. The molecule has 1 atom stereocenters. The summed E-state index contributed by atoms with van der Waals surface area (Å²) < 4.78 is 0. The van der Waals surface area contributed by atoms with Crippen molar-refractivity contribution in [3.05, 3.63) is 35.4 Å². The first-order valence-electron chi connectivity index (χ1n) is 7.44. The van der Waals surface area contributed by atoms with Crippen LogP contribution in [-0.4, -0.2) is 12.5 Å². The zero-order valence-corrected chi connectivity index (χ0v) is 13.4. The molecule has 1 N–H and O–H groups in total. The van der Waals surface area contributed by atoms with Gasteiger partial charge in [-0.1, -0.05) is 58.1 Å². The highest BCUT2D eigenvalue weighted by Crippen LogP contribution is 2.12. The van der Waals surface area contributed by atoms with Crippen LogP contribution in [-0.2, 0) is 11.2 Å². The molecular formula is C18H27NO. The molecule has 2 heteroatoms. The van der Waals surface area contributed by atoms with Crippen molar-refractivity contribution in [2.75, 3.05) is 6.54 Å². The third-order valence-electron chi connectivity index (χ3n) is 2.87. The summed E-state index contributed by atoms with van der Waals surface area (Å²) in [5, 5.41) is 2.66.